The van der Waals surface area contributed by atoms with Gasteiger partial charge in [-0.25, -0.2) is 0 Å². The maximum absolute atomic E-state index is 12.6. The maximum atomic E-state index is 12.6. The van der Waals surface area contributed by atoms with Crippen LogP contribution in [0.4, 0.5) is 4.79 Å². The van der Waals surface area contributed by atoms with Crippen molar-refractivity contribution in [3.8, 4) is 11.5 Å². The maximum Gasteiger partial charge on any atom is 0.326 e. The lowest BCUT2D eigenvalue weighted by Gasteiger charge is -2.14. The van der Waals surface area contributed by atoms with Gasteiger partial charge in [0.2, 0.25) is 0 Å². The van der Waals surface area contributed by atoms with Crippen LogP contribution in [0.25, 0.3) is 6.08 Å². The highest BCUT2D eigenvalue weighted by Crippen LogP contribution is 2.39. The molecule has 2 aromatic rings. The fourth-order valence-corrected chi connectivity index (χ4v) is 4.23. The average Bonchev–Trinajstić information content (AvgIpc) is 3.00. The molecule has 0 atom stereocenters. The smallest absolute Gasteiger partial charge is 0.326 e. The summed E-state index contributed by atoms with van der Waals surface area (Å²) >= 11 is 4.26. The number of ether oxygens (including phenoxy) is 3. The SMILES string of the molecule is CCOC(=O)CN1C(=O)S/C(=C/c2cc(Br)c(OCc3ccccc3)c(OC)c2)C1=O. The van der Waals surface area contributed by atoms with Gasteiger partial charge in [0.05, 0.1) is 23.1 Å². The molecule has 2 aromatic carbocycles. The fourth-order valence-electron chi connectivity index (χ4n) is 2.82. The van der Waals surface area contributed by atoms with Gasteiger partial charge in [-0.05, 0) is 64.0 Å². The Morgan fingerprint density at radius 1 is 1.19 bits per heavy atom. The Kier molecular flexibility index (Phi) is 7.75. The van der Waals surface area contributed by atoms with E-state index in [1.165, 1.54) is 7.11 Å². The summed E-state index contributed by atoms with van der Waals surface area (Å²) in [5.41, 5.74) is 1.65. The van der Waals surface area contributed by atoms with Gasteiger partial charge in [0.15, 0.2) is 11.5 Å². The zero-order valence-electron chi connectivity index (χ0n) is 16.9. The highest BCUT2D eigenvalue weighted by molar-refractivity contribution is 9.10. The van der Waals surface area contributed by atoms with E-state index in [4.69, 9.17) is 14.2 Å². The number of carbonyl (C=O) groups is 3. The van der Waals surface area contributed by atoms with Gasteiger partial charge < -0.3 is 14.2 Å². The number of rotatable bonds is 8. The summed E-state index contributed by atoms with van der Waals surface area (Å²) in [6.07, 6.45) is 1.57. The van der Waals surface area contributed by atoms with Crippen LogP contribution in [0.2, 0.25) is 0 Å². The average molecular weight is 506 g/mol. The number of hydrogen-bond acceptors (Lipinski definition) is 7. The van der Waals surface area contributed by atoms with Crippen LogP contribution < -0.4 is 9.47 Å². The third-order valence-corrected chi connectivity index (χ3v) is 5.74. The molecule has 0 N–H and O–H groups in total. The number of nitrogens with zero attached hydrogens (tertiary/aromatic N) is 1. The van der Waals surface area contributed by atoms with Crippen LogP contribution in [0, 0.1) is 0 Å². The van der Waals surface area contributed by atoms with Gasteiger partial charge in [-0.3, -0.25) is 19.3 Å². The first-order chi connectivity index (χ1) is 14.9. The molecule has 162 valence electrons. The van der Waals surface area contributed by atoms with E-state index in [2.05, 4.69) is 15.9 Å². The summed E-state index contributed by atoms with van der Waals surface area (Å²) in [6, 6.07) is 13.2. The van der Waals surface area contributed by atoms with Gasteiger partial charge in [0, 0.05) is 0 Å². The number of thioether (sulfide) groups is 1. The van der Waals surface area contributed by atoms with Crippen LogP contribution in [0.3, 0.4) is 0 Å². The van der Waals surface area contributed by atoms with Crippen LogP contribution in [0.1, 0.15) is 18.1 Å². The van der Waals surface area contributed by atoms with Gasteiger partial charge in [-0.2, -0.15) is 0 Å². The number of carbonyl (C=O) groups excluding carboxylic acids is 3. The van der Waals surface area contributed by atoms with Crippen molar-refractivity contribution in [3.05, 3.63) is 63.0 Å². The molecule has 0 aromatic heterocycles. The quantitative estimate of drug-likeness (QED) is 0.381. The normalized spacial score (nSPS) is 14.8. The molecular weight excluding hydrogens is 486 g/mol. The number of imide groups is 1. The van der Waals surface area contributed by atoms with Crippen molar-refractivity contribution in [2.45, 2.75) is 13.5 Å². The highest BCUT2D eigenvalue weighted by Gasteiger charge is 2.36. The standard InChI is InChI=1S/C22H20BrNO6S/c1-3-29-19(25)12-24-21(26)18(31-22(24)27)11-15-9-16(23)20(17(10-15)28-2)30-13-14-7-5-4-6-8-14/h4-11H,3,12-13H2,1-2H3/b18-11+. The van der Waals surface area contributed by atoms with Crippen molar-refractivity contribution >= 4 is 50.9 Å². The molecule has 7 nitrogen and oxygen atoms in total. The number of halogens is 1. The summed E-state index contributed by atoms with van der Waals surface area (Å²) in [5.74, 6) is -0.167. The van der Waals surface area contributed by atoms with E-state index in [9.17, 15) is 14.4 Å². The Morgan fingerprint density at radius 2 is 1.94 bits per heavy atom. The lowest BCUT2D eigenvalue weighted by atomic mass is 10.1. The van der Waals surface area contributed by atoms with Crippen LogP contribution in [-0.2, 0) is 20.9 Å². The topological polar surface area (TPSA) is 82.1 Å². The van der Waals surface area contributed by atoms with Crippen LogP contribution in [-0.4, -0.2) is 42.3 Å². The molecule has 1 fully saturated rings. The summed E-state index contributed by atoms with van der Waals surface area (Å²) in [4.78, 5) is 37.5. The van der Waals surface area contributed by atoms with E-state index in [0.717, 1.165) is 22.2 Å². The Labute approximate surface area is 192 Å². The van der Waals surface area contributed by atoms with Gasteiger partial charge in [0.1, 0.15) is 13.2 Å². The Morgan fingerprint density at radius 3 is 2.61 bits per heavy atom. The van der Waals surface area contributed by atoms with Crippen molar-refractivity contribution in [1.29, 1.82) is 0 Å². The number of esters is 1. The predicted molar refractivity (Wildman–Crippen MR) is 121 cm³/mol. The van der Waals surface area contributed by atoms with E-state index in [0.29, 0.717) is 28.1 Å². The fraction of sp³-hybridized carbons (Fsp3) is 0.227. The molecule has 0 unspecified atom stereocenters. The molecule has 31 heavy (non-hydrogen) atoms. The lowest BCUT2D eigenvalue weighted by Crippen LogP contribution is -2.34. The molecule has 1 aliphatic rings. The minimum absolute atomic E-state index is 0.178. The van der Waals surface area contributed by atoms with Crippen molar-refractivity contribution in [3.63, 3.8) is 0 Å². The molecule has 2 amide bonds. The molecule has 3 rings (SSSR count). The zero-order chi connectivity index (χ0) is 22.4. The molecule has 0 aliphatic carbocycles. The molecule has 1 heterocycles. The van der Waals surface area contributed by atoms with Gasteiger partial charge in [0.25, 0.3) is 11.1 Å². The Balaban J connectivity index is 1.79. The van der Waals surface area contributed by atoms with Crippen molar-refractivity contribution in [2.75, 3.05) is 20.3 Å². The van der Waals surface area contributed by atoms with E-state index >= 15 is 0 Å². The van der Waals surface area contributed by atoms with Crippen LogP contribution >= 0.6 is 27.7 Å². The van der Waals surface area contributed by atoms with Crippen LogP contribution in [0.15, 0.2) is 51.8 Å². The summed E-state index contributed by atoms with van der Waals surface area (Å²) in [5, 5.41) is -0.516. The molecule has 0 radical (unpaired) electrons. The first-order valence-corrected chi connectivity index (χ1v) is 11.0. The lowest BCUT2D eigenvalue weighted by molar-refractivity contribution is -0.145. The minimum Gasteiger partial charge on any atom is -0.493 e. The van der Waals surface area contributed by atoms with E-state index in [1.807, 2.05) is 30.3 Å². The van der Waals surface area contributed by atoms with E-state index < -0.39 is 23.7 Å². The first kappa shape index (κ1) is 22.9. The first-order valence-electron chi connectivity index (χ1n) is 9.38. The number of benzene rings is 2. The number of hydrogen-bond donors (Lipinski definition) is 0. The number of amides is 2. The number of methoxy groups -OCH3 is 1. The van der Waals surface area contributed by atoms with Crippen molar-refractivity contribution < 1.29 is 28.6 Å². The summed E-state index contributed by atoms with van der Waals surface area (Å²) in [7, 11) is 1.52. The minimum atomic E-state index is -0.629. The molecular formula is C22H20BrNO6S. The summed E-state index contributed by atoms with van der Waals surface area (Å²) < 4.78 is 16.8. The van der Waals surface area contributed by atoms with Gasteiger partial charge in [-0.1, -0.05) is 30.3 Å². The second kappa shape index (κ2) is 10.5. The van der Waals surface area contributed by atoms with Crippen LogP contribution in [0.5, 0.6) is 11.5 Å². The van der Waals surface area contributed by atoms with Gasteiger partial charge >= 0.3 is 5.97 Å². The Bertz CT molecular complexity index is 1020. The summed E-state index contributed by atoms with van der Waals surface area (Å²) in [6.45, 7) is 1.79. The van der Waals surface area contributed by atoms with Crippen molar-refractivity contribution in [2.24, 2.45) is 0 Å². The second-order valence-corrected chi connectivity index (χ2v) is 8.23. The van der Waals surface area contributed by atoms with E-state index in [-0.39, 0.29) is 11.5 Å². The van der Waals surface area contributed by atoms with Gasteiger partial charge in [-0.15, -0.1) is 0 Å². The van der Waals surface area contributed by atoms with E-state index in [1.54, 1.807) is 25.1 Å². The molecule has 1 aliphatic heterocycles. The Hall–Kier alpha value is -2.78. The third kappa shape index (κ3) is 5.68. The van der Waals surface area contributed by atoms with Crippen molar-refractivity contribution in [1.82, 2.24) is 4.90 Å². The molecule has 0 spiro atoms. The molecule has 9 heteroatoms. The highest BCUT2D eigenvalue weighted by atomic mass is 79.9. The largest absolute Gasteiger partial charge is 0.493 e. The predicted octanol–water partition coefficient (Wildman–Crippen LogP) is 4.64. The monoisotopic (exact) mass is 505 g/mol. The molecule has 0 saturated carbocycles. The second-order valence-electron chi connectivity index (χ2n) is 6.38. The molecule has 0 bridgehead atoms. The zero-order valence-corrected chi connectivity index (χ0v) is 19.3. The third-order valence-electron chi connectivity index (χ3n) is 4.24. The molecule has 1 saturated heterocycles.